The second kappa shape index (κ2) is 10.1. The second-order valence-corrected chi connectivity index (χ2v) is 9.74. The van der Waals surface area contributed by atoms with E-state index in [1.807, 2.05) is 13.0 Å². The highest BCUT2D eigenvalue weighted by molar-refractivity contribution is 6.11. The van der Waals surface area contributed by atoms with E-state index in [0.29, 0.717) is 12.3 Å². The fourth-order valence-corrected chi connectivity index (χ4v) is 5.14. The van der Waals surface area contributed by atoms with E-state index in [9.17, 15) is 0 Å². The Labute approximate surface area is 211 Å². The Balaban J connectivity index is 1.32. The third kappa shape index (κ3) is 4.84. The van der Waals surface area contributed by atoms with Gasteiger partial charge in [-0.25, -0.2) is 15.0 Å². The van der Waals surface area contributed by atoms with Crippen molar-refractivity contribution in [2.75, 3.05) is 31.5 Å². The molecule has 0 amide bonds. The van der Waals surface area contributed by atoms with Crippen LogP contribution >= 0.6 is 0 Å². The predicted octanol–water partition coefficient (Wildman–Crippen LogP) is 5.95. The summed E-state index contributed by atoms with van der Waals surface area (Å²) < 4.78 is 5.63. The van der Waals surface area contributed by atoms with Crippen LogP contribution in [0.4, 0.5) is 5.82 Å². The molecule has 1 fully saturated rings. The van der Waals surface area contributed by atoms with Gasteiger partial charge in [0.1, 0.15) is 23.6 Å². The van der Waals surface area contributed by atoms with E-state index in [4.69, 9.17) is 14.4 Å². The van der Waals surface area contributed by atoms with Gasteiger partial charge in [-0.1, -0.05) is 42.8 Å². The third-order valence-electron chi connectivity index (χ3n) is 6.96. The number of rotatable bonds is 8. The molecular weight excluding hydrogens is 448 g/mol. The topological polar surface area (TPSA) is 82.9 Å². The molecule has 1 aliphatic heterocycles. The molecule has 184 valence electrons. The van der Waals surface area contributed by atoms with E-state index in [1.165, 1.54) is 37.9 Å². The van der Waals surface area contributed by atoms with Crippen molar-refractivity contribution >= 4 is 27.8 Å². The molecule has 0 aliphatic carbocycles. The van der Waals surface area contributed by atoms with Gasteiger partial charge >= 0.3 is 0 Å². The van der Waals surface area contributed by atoms with Crippen molar-refractivity contribution in [1.29, 1.82) is 0 Å². The number of aromatic nitrogens is 4. The number of hydrogen-bond acceptors (Lipinski definition) is 6. The van der Waals surface area contributed by atoms with Gasteiger partial charge in [-0.3, -0.25) is 0 Å². The van der Waals surface area contributed by atoms with Crippen LogP contribution in [0.15, 0.2) is 59.2 Å². The summed E-state index contributed by atoms with van der Waals surface area (Å²) in [6.45, 7) is 6.40. The molecule has 0 unspecified atom stereocenters. The minimum absolute atomic E-state index is 0.625. The van der Waals surface area contributed by atoms with E-state index in [2.05, 4.69) is 62.6 Å². The monoisotopic (exact) mass is 480 g/mol. The molecule has 36 heavy (non-hydrogen) atoms. The third-order valence-corrected chi connectivity index (χ3v) is 6.96. The molecule has 3 aromatic heterocycles. The molecule has 6 rings (SSSR count). The summed E-state index contributed by atoms with van der Waals surface area (Å²) in [4.78, 5) is 20.5. The number of nitrogens with one attached hydrogen (secondary N) is 2. The Hall–Kier alpha value is -3.71. The lowest BCUT2D eigenvalue weighted by Gasteiger charge is -2.26. The Morgan fingerprint density at radius 3 is 2.67 bits per heavy atom. The number of nitrogens with zero attached hydrogens (tertiary/aromatic N) is 4. The number of likely N-dealkylation sites (tertiary alicyclic amines) is 1. The quantitative estimate of drug-likeness (QED) is 0.267. The van der Waals surface area contributed by atoms with Gasteiger partial charge in [-0.05, 0) is 63.5 Å². The van der Waals surface area contributed by atoms with Crippen molar-refractivity contribution in [2.45, 2.75) is 39.0 Å². The van der Waals surface area contributed by atoms with Gasteiger partial charge in [0.25, 0.3) is 0 Å². The number of aryl methyl sites for hydroxylation is 1. The van der Waals surface area contributed by atoms with Crippen molar-refractivity contribution < 1.29 is 4.42 Å². The Morgan fingerprint density at radius 2 is 1.86 bits per heavy atom. The van der Waals surface area contributed by atoms with Gasteiger partial charge in [0.05, 0.1) is 11.1 Å². The van der Waals surface area contributed by atoms with E-state index < -0.39 is 0 Å². The lowest BCUT2D eigenvalue weighted by atomic mass is 10.1. The van der Waals surface area contributed by atoms with Crippen LogP contribution in [-0.2, 0) is 6.42 Å². The summed E-state index contributed by atoms with van der Waals surface area (Å²) in [5.74, 6) is 2.33. The molecule has 1 aliphatic rings. The van der Waals surface area contributed by atoms with Crippen molar-refractivity contribution in [3.8, 4) is 11.5 Å². The molecule has 2 aromatic carbocycles. The average molecular weight is 481 g/mol. The van der Waals surface area contributed by atoms with Crippen LogP contribution in [0, 0.1) is 6.92 Å². The summed E-state index contributed by atoms with van der Waals surface area (Å²) in [6, 6.07) is 16.6. The first kappa shape index (κ1) is 22.7. The Bertz CT molecular complexity index is 1470. The standard InChI is InChI=1S/C29H32N6O/c1-20-19-36-29(31-20)22-11-12-23-24(18-22)32-28-26(23)27(30-13-8-16-35-14-6-3-7-15-35)33-25(34-28)17-21-9-4-2-5-10-21/h2,4-5,9-12,18-19H,3,6-8,13-17H2,1H3,(H2,30,32,33,34). The van der Waals surface area contributed by atoms with Crippen LogP contribution in [0.3, 0.4) is 0 Å². The summed E-state index contributed by atoms with van der Waals surface area (Å²) in [6.07, 6.45) is 7.49. The van der Waals surface area contributed by atoms with Crippen LogP contribution in [0.5, 0.6) is 0 Å². The number of hydrogen-bond donors (Lipinski definition) is 2. The summed E-state index contributed by atoms with van der Waals surface area (Å²) in [7, 11) is 0. The van der Waals surface area contributed by atoms with E-state index in [1.54, 1.807) is 6.26 Å². The largest absolute Gasteiger partial charge is 0.444 e. The number of oxazole rings is 1. The molecule has 1 saturated heterocycles. The molecule has 7 nitrogen and oxygen atoms in total. The number of H-pyrrole nitrogens is 1. The second-order valence-electron chi connectivity index (χ2n) is 9.74. The van der Waals surface area contributed by atoms with Crippen LogP contribution < -0.4 is 5.32 Å². The first-order valence-electron chi connectivity index (χ1n) is 13.0. The fraction of sp³-hybridized carbons (Fsp3) is 0.345. The van der Waals surface area contributed by atoms with Gasteiger partial charge in [0, 0.05) is 29.4 Å². The number of anilines is 1. The summed E-state index contributed by atoms with van der Waals surface area (Å²) in [5.41, 5.74) is 4.86. The van der Waals surface area contributed by atoms with Crippen molar-refractivity contribution in [3.63, 3.8) is 0 Å². The molecule has 0 spiro atoms. The maximum atomic E-state index is 5.63. The fourth-order valence-electron chi connectivity index (χ4n) is 5.14. The average Bonchev–Trinajstić information content (AvgIpc) is 3.50. The smallest absolute Gasteiger partial charge is 0.226 e. The minimum atomic E-state index is 0.625. The van der Waals surface area contributed by atoms with Gasteiger partial charge in [0.2, 0.25) is 5.89 Å². The molecule has 5 aromatic rings. The zero-order valence-electron chi connectivity index (χ0n) is 20.8. The van der Waals surface area contributed by atoms with E-state index >= 15 is 0 Å². The lowest BCUT2D eigenvalue weighted by Crippen LogP contribution is -2.31. The highest BCUT2D eigenvalue weighted by atomic mass is 16.3. The molecule has 7 heteroatoms. The van der Waals surface area contributed by atoms with Crippen LogP contribution in [0.2, 0.25) is 0 Å². The van der Waals surface area contributed by atoms with Gasteiger partial charge in [0.15, 0.2) is 0 Å². The van der Waals surface area contributed by atoms with Crippen molar-refractivity contribution in [2.24, 2.45) is 0 Å². The Kier molecular flexibility index (Phi) is 6.38. The molecule has 4 heterocycles. The molecule has 0 bridgehead atoms. The maximum absolute atomic E-state index is 5.63. The number of piperidine rings is 1. The SMILES string of the molecule is Cc1coc(-c2ccc3c(c2)[nH]c2nc(Cc4ccccc4)nc(NCCCN4CCCCC4)c23)n1. The lowest BCUT2D eigenvalue weighted by molar-refractivity contribution is 0.228. The first-order chi connectivity index (χ1) is 17.7. The number of aromatic amines is 1. The van der Waals surface area contributed by atoms with Gasteiger partial charge in [-0.2, -0.15) is 0 Å². The van der Waals surface area contributed by atoms with Gasteiger partial charge < -0.3 is 19.6 Å². The molecule has 0 atom stereocenters. The Morgan fingerprint density at radius 1 is 1.00 bits per heavy atom. The van der Waals surface area contributed by atoms with Crippen LogP contribution in [0.25, 0.3) is 33.4 Å². The molecule has 2 N–H and O–H groups in total. The maximum Gasteiger partial charge on any atom is 0.226 e. The minimum Gasteiger partial charge on any atom is -0.444 e. The summed E-state index contributed by atoms with van der Waals surface area (Å²) in [5, 5.41) is 5.79. The van der Waals surface area contributed by atoms with E-state index in [-0.39, 0.29) is 0 Å². The zero-order valence-corrected chi connectivity index (χ0v) is 20.8. The normalized spacial score (nSPS) is 14.6. The number of fused-ring (bicyclic) bond motifs is 3. The molecule has 0 saturated carbocycles. The van der Waals surface area contributed by atoms with Crippen LogP contribution in [0.1, 0.15) is 42.8 Å². The predicted molar refractivity (Wildman–Crippen MR) is 144 cm³/mol. The highest BCUT2D eigenvalue weighted by Gasteiger charge is 2.16. The molecule has 0 radical (unpaired) electrons. The zero-order chi connectivity index (χ0) is 24.3. The van der Waals surface area contributed by atoms with E-state index in [0.717, 1.165) is 64.3 Å². The highest BCUT2D eigenvalue weighted by Crippen LogP contribution is 2.32. The van der Waals surface area contributed by atoms with Crippen molar-refractivity contribution in [3.05, 3.63) is 71.9 Å². The molecular formula is C29H32N6O. The van der Waals surface area contributed by atoms with Crippen molar-refractivity contribution in [1.82, 2.24) is 24.8 Å². The number of benzene rings is 2. The van der Waals surface area contributed by atoms with Crippen LogP contribution in [-0.4, -0.2) is 51.0 Å². The van der Waals surface area contributed by atoms with Gasteiger partial charge in [-0.15, -0.1) is 0 Å². The first-order valence-corrected chi connectivity index (χ1v) is 13.0. The summed E-state index contributed by atoms with van der Waals surface area (Å²) >= 11 is 0.